The highest BCUT2D eigenvalue weighted by Gasteiger charge is 2.26. The number of nitrogens with one attached hydrogen (secondary N) is 2. The van der Waals surface area contributed by atoms with Crippen LogP contribution in [0.4, 0.5) is 0 Å². The van der Waals surface area contributed by atoms with E-state index in [4.69, 9.17) is 0 Å². The van der Waals surface area contributed by atoms with E-state index >= 15 is 0 Å². The molecule has 0 fully saturated rings. The zero-order chi connectivity index (χ0) is 19.1. The number of benzene rings is 1. The van der Waals surface area contributed by atoms with Crippen LogP contribution in [-0.2, 0) is 4.79 Å². The number of aliphatic hydroxyl groups excluding tert-OH is 1. The Balaban J connectivity index is 2.01. The molecule has 0 aliphatic heterocycles. The first-order valence-corrected chi connectivity index (χ1v) is 9.54. The number of aromatic nitrogens is 1. The van der Waals surface area contributed by atoms with Gasteiger partial charge in [0.2, 0.25) is 5.91 Å². The molecule has 2 aromatic rings. The minimum Gasteiger partial charge on any atom is -0.391 e. The lowest BCUT2D eigenvalue weighted by atomic mass is 10.1. The summed E-state index contributed by atoms with van der Waals surface area (Å²) in [7, 11) is 0. The molecule has 0 spiro atoms. The van der Waals surface area contributed by atoms with Crippen molar-refractivity contribution >= 4 is 23.2 Å². The number of rotatable bonds is 8. The second kappa shape index (κ2) is 9.45. The van der Waals surface area contributed by atoms with Crippen molar-refractivity contribution in [1.29, 1.82) is 0 Å². The number of nitrogens with zero attached hydrogens (tertiary/aromatic N) is 1. The summed E-state index contributed by atoms with van der Waals surface area (Å²) in [5.74, 6) is -0.415. The largest absolute Gasteiger partial charge is 0.391 e. The maximum absolute atomic E-state index is 12.4. The molecule has 0 aliphatic carbocycles. The van der Waals surface area contributed by atoms with Gasteiger partial charge in [-0.25, -0.2) is 4.98 Å². The SMILES string of the molecule is CC(C)CCNC(=O)[C@@H](NC(=O)c1csc(-c2ccccc2)n1)[C@@H](C)O. The molecule has 0 unspecified atom stereocenters. The van der Waals surface area contributed by atoms with Crippen LogP contribution in [0.3, 0.4) is 0 Å². The Labute approximate surface area is 157 Å². The quantitative estimate of drug-likeness (QED) is 0.661. The standard InChI is InChI=1S/C19H25N3O3S/c1-12(2)9-10-20-18(25)16(13(3)23)22-17(24)15-11-26-19(21-15)14-7-5-4-6-8-14/h4-8,11-13,16,23H,9-10H2,1-3H3,(H,20,25)(H,22,24)/t13-,16+/m1/s1. The molecule has 0 aliphatic rings. The van der Waals surface area contributed by atoms with Crippen molar-refractivity contribution in [3.05, 3.63) is 41.4 Å². The van der Waals surface area contributed by atoms with Gasteiger partial charge in [0, 0.05) is 17.5 Å². The lowest BCUT2D eigenvalue weighted by molar-refractivity contribution is -0.125. The van der Waals surface area contributed by atoms with Gasteiger partial charge >= 0.3 is 0 Å². The van der Waals surface area contributed by atoms with E-state index in [1.807, 2.05) is 30.3 Å². The van der Waals surface area contributed by atoms with E-state index in [0.29, 0.717) is 12.5 Å². The second-order valence-corrected chi connectivity index (χ2v) is 7.43. The van der Waals surface area contributed by atoms with Gasteiger partial charge < -0.3 is 15.7 Å². The van der Waals surface area contributed by atoms with E-state index in [-0.39, 0.29) is 5.69 Å². The van der Waals surface area contributed by atoms with Crippen molar-refractivity contribution in [3.63, 3.8) is 0 Å². The molecule has 7 heteroatoms. The molecule has 26 heavy (non-hydrogen) atoms. The molecule has 2 amide bonds. The Bertz CT molecular complexity index is 729. The van der Waals surface area contributed by atoms with E-state index in [2.05, 4.69) is 29.5 Å². The summed E-state index contributed by atoms with van der Waals surface area (Å²) in [6.45, 7) is 6.10. The Morgan fingerprint density at radius 3 is 2.50 bits per heavy atom. The predicted octanol–water partition coefficient (Wildman–Crippen LogP) is 2.45. The number of aliphatic hydroxyl groups is 1. The summed E-state index contributed by atoms with van der Waals surface area (Å²) in [4.78, 5) is 29.0. The van der Waals surface area contributed by atoms with Gasteiger partial charge in [-0.15, -0.1) is 11.3 Å². The molecule has 1 aromatic heterocycles. The number of thiazole rings is 1. The summed E-state index contributed by atoms with van der Waals surface area (Å²) in [6.07, 6.45) is -0.177. The first-order chi connectivity index (χ1) is 12.4. The Hall–Kier alpha value is -2.25. The highest BCUT2D eigenvalue weighted by atomic mass is 32.1. The summed E-state index contributed by atoms with van der Waals surface area (Å²) in [5, 5.41) is 17.6. The van der Waals surface area contributed by atoms with Gasteiger partial charge in [0.15, 0.2) is 0 Å². The van der Waals surface area contributed by atoms with Crippen LogP contribution < -0.4 is 10.6 Å². The number of carbonyl (C=O) groups excluding carboxylic acids is 2. The van der Waals surface area contributed by atoms with Crippen molar-refractivity contribution in [2.45, 2.75) is 39.3 Å². The Kier molecular flexibility index (Phi) is 7.29. The van der Waals surface area contributed by atoms with Crippen LogP contribution in [0.25, 0.3) is 10.6 Å². The molecular formula is C19H25N3O3S. The van der Waals surface area contributed by atoms with Gasteiger partial charge in [-0.3, -0.25) is 9.59 Å². The molecule has 3 N–H and O–H groups in total. The summed E-state index contributed by atoms with van der Waals surface area (Å²) >= 11 is 1.36. The van der Waals surface area contributed by atoms with E-state index in [1.54, 1.807) is 5.38 Å². The third-order valence-electron chi connectivity index (χ3n) is 3.83. The Morgan fingerprint density at radius 2 is 1.88 bits per heavy atom. The van der Waals surface area contributed by atoms with E-state index in [9.17, 15) is 14.7 Å². The van der Waals surface area contributed by atoms with Crippen LogP contribution in [0.15, 0.2) is 35.7 Å². The van der Waals surface area contributed by atoms with E-state index < -0.39 is 24.0 Å². The van der Waals surface area contributed by atoms with E-state index in [1.165, 1.54) is 18.3 Å². The topological polar surface area (TPSA) is 91.3 Å². The first-order valence-electron chi connectivity index (χ1n) is 8.66. The average molecular weight is 375 g/mol. The third kappa shape index (κ3) is 5.64. The Morgan fingerprint density at radius 1 is 1.19 bits per heavy atom. The number of hydrogen-bond donors (Lipinski definition) is 3. The molecule has 1 heterocycles. The highest BCUT2D eigenvalue weighted by Crippen LogP contribution is 2.23. The summed E-state index contributed by atoms with van der Waals surface area (Å²) in [6, 6.07) is 8.54. The van der Waals surface area contributed by atoms with Crippen molar-refractivity contribution in [2.75, 3.05) is 6.54 Å². The molecule has 0 saturated carbocycles. The van der Waals surface area contributed by atoms with E-state index in [0.717, 1.165) is 17.0 Å². The number of hydrogen-bond acceptors (Lipinski definition) is 5. The highest BCUT2D eigenvalue weighted by molar-refractivity contribution is 7.13. The molecular weight excluding hydrogens is 350 g/mol. The van der Waals surface area contributed by atoms with Crippen LogP contribution in [-0.4, -0.2) is 40.6 Å². The smallest absolute Gasteiger partial charge is 0.271 e. The zero-order valence-corrected chi connectivity index (χ0v) is 16.0. The lowest BCUT2D eigenvalue weighted by Crippen LogP contribution is -2.52. The van der Waals surface area contributed by atoms with Crippen LogP contribution in [0.5, 0.6) is 0 Å². The van der Waals surface area contributed by atoms with Gasteiger partial charge in [-0.05, 0) is 19.3 Å². The molecule has 0 radical (unpaired) electrons. The van der Waals surface area contributed by atoms with Crippen LogP contribution in [0, 0.1) is 5.92 Å². The van der Waals surface area contributed by atoms with Crippen molar-refractivity contribution in [2.24, 2.45) is 5.92 Å². The lowest BCUT2D eigenvalue weighted by Gasteiger charge is -2.20. The third-order valence-corrected chi connectivity index (χ3v) is 4.72. The predicted molar refractivity (Wildman–Crippen MR) is 103 cm³/mol. The first kappa shape index (κ1) is 20.1. The van der Waals surface area contributed by atoms with Crippen molar-refractivity contribution < 1.29 is 14.7 Å². The maximum Gasteiger partial charge on any atom is 0.271 e. The number of amides is 2. The molecule has 1 aromatic carbocycles. The van der Waals surface area contributed by atoms with Crippen molar-refractivity contribution in [3.8, 4) is 10.6 Å². The fraction of sp³-hybridized carbons (Fsp3) is 0.421. The summed E-state index contributed by atoms with van der Waals surface area (Å²) < 4.78 is 0. The number of carbonyl (C=O) groups is 2. The maximum atomic E-state index is 12.4. The fourth-order valence-electron chi connectivity index (χ4n) is 2.31. The van der Waals surface area contributed by atoms with Crippen LogP contribution >= 0.6 is 11.3 Å². The van der Waals surface area contributed by atoms with Crippen LogP contribution in [0.1, 0.15) is 37.7 Å². The molecule has 2 rings (SSSR count). The fourth-order valence-corrected chi connectivity index (χ4v) is 3.11. The summed E-state index contributed by atoms with van der Waals surface area (Å²) in [5.41, 5.74) is 1.16. The zero-order valence-electron chi connectivity index (χ0n) is 15.2. The second-order valence-electron chi connectivity index (χ2n) is 6.57. The van der Waals surface area contributed by atoms with Gasteiger partial charge in [0.25, 0.3) is 5.91 Å². The monoisotopic (exact) mass is 375 g/mol. The minimum atomic E-state index is -1.02. The molecule has 6 nitrogen and oxygen atoms in total. The van der Waals surface area contributed by atoms with Gasteiger partial charge in [-0.1, -0.05) is 44.2 Å². The average Bonchev–Trinajstić information content (AvgIpc) is 3.09. The normalized spacial score (nSPS) is 13.3. The molecule has 0 saturated heterocycles. The molecule has 140 valence electrons. The van der Waals surface area contributed by atoms with Gasteiger partial charge in [0.05, 0.1) is 6.10 Å². The minimum absolute atomic E-state index is 0.231. The van der Waals surface area contributed by atoms with Crippen LogP contribution in [0.2, 0.25) is 0 Å². The van der Waals surface area contributed by atoms with Crippen molar-refractivity contribution in [1.82, 2.24) is 15.6 Å². The van der Waals surface area contributed by atoms with Gasteiger partial charge in [-0.2, -0.15) is 0 Å². The molecule has 2 atom stereocenters. The molecule has 0 bridgehead atoms. The van der Waals surface area contributed by atoms with Gasteiger partial charge in [0.1, 0.15) is 16.7 Å².